The minimum Gasteiger partial charge on any atom is -0.484 e. The molecule has 0 aliphatic heterocycles. The Balaban J connectivity index is 1.56. The number of ether oxygens (including phenoxy) is 1. The summed E-state index contributed by atoms with van der Waals surface area (Å²) in [5, 5.41) is 21.5. The molecule has 0 fully saturated rings. The van der Waals surface area contributed by atoms with Gasteiger partial charge in [-0.25, -0.2) is 0 Å². The van der Waals surface area contributed by atoms with E-state index in [1.165, 1.54) is 11.8 Å². The Bertz CT molecular complexity index is 1080. The van der Waals surface area contributed by atoms with E-state index >= 15 is 0 Å². The predicted octanol–water partition coefficient (Wildman–Crippen LogP) is 4.30. The smallest absolute Gasteiger partial charge is 0.234 e. The molecule has 10 heteroatoms. The Morgan fingerprint density at radius 3 is 2.83 bits per heavy atom. The highest BCUT2D eigenvalue weighted by atomic mass is 35.5. The number of nitrogens with zero attached hydrogens (tertiary/aromatic N) is 4. The lowest BCUT2D eigenvalue weighted by Gasteiger charge is -2.08. The maximum absolute atomic E-state index is 12.2. The van der Waals surface area contributed by atoms with Crippen LogP contribution in [-0.2, 0) is 18.4 Å². The van der Waals surface area contributed by atoms with Gasteiger partial charge in [0.25, 0.3) is 0 Å². The third-order valence-corrected chi connectivity index (χ3v) is 5.38. The van der Waals surface area contributed by atoms with Crippen LogP contribution in [0.25, 0.3) is 0 Å². The van der Waals surface area contributed by atoms with Crippen LogP contribution in [-0.4, -0.2) is 26.4 Å². The molecule has 0 unspecified atom stereocenters. The van der Waals surface area contributed by atoms with Crippen molar-refractivity contribution in [1.29, 1.82) is 5.26 Å². The van der Waals surface area contributed by atoms with Gasteiger partial charge in [-0.15, -0.1) is 10.2 Å². The zero-order valence-electron chi connectivity index (χ0n) is 15.2. The molecule has 148 valence electrons. The summed E-state index contributed by atoms with van der Waals surface area (Å²) in [6, 6.07) is 13.8. The van der Waals surface area contributed by atoms with E-state index in [0.717, 1.165) is 0 Å². The Kier molecular flexibility index (Phi) is 6.99. The van der Waals surface area contributed by atoms with Crippen LogP contribution in [0.2, 0.25) is 10.0 Å². The number of nitriles is 1. The van der Waals surface area contributed by atoms with Gasteiger partial charge in [-0.1, -0.05) is 47.1 Å². The van der Waals surface area contributed by atoms with Gasteiger partial charge in [0.05, 0.1) is 22.0 Å². The summed E-state index contributed by atoms with van der Waals surface area (Å²) >= 11 is 13.2. The van der Waals surface area contributed by atoms with Crippen LogP contribution in [0.15, 0.2) is 47.6 Å². The van der Waals surface area contributed by atoms with E-state index in [1.807, 2.05) is 6.07 Å². The van der Waals surface area contributed by atoms with Crippen molar-refractivity contribution in [2.75, 3.05) is 11.1 Å². The van der Waals surface area contributed by atoms with Crippen molar-refractivity contribution in [2.45, 2.75) is 11.8 Å². The van der Waals surface area contributed by atoms with Gasteiger partial charge in [-0.2, -0.15) is 5.26 Å². The molecule has 0 atom stereocenters. The van der Waals surface area contributed by atoms with Gasteiger partial charge in [0.15, 0.2) is 11.0 Å². The summed E-state index contributed by atoms with van der Waals surface area (Å²) in [6.45, 7) is 0.160. The first-order valence-electron chi connectivity index (χ1n) is 8.36. The minimum atomic E-state index is -0.244. The van der Waals surface area contributed by atoms with Gasteiger partial charge in [0, 0.05) is 12.1 Å². The number of halogens is 2. The number of carbonyl (C=O) groups is 1. The second kappa shape index (κ2) is 9.65. The fourth-order valence-corrected chi connectivity index (χ4v) is 3.53. The van der Waals surface area contributed by atoms with Crippen molar-refractivity contribution in [3.05, 3.63) is 63.9 Å². The number of nitrogens with one attached hydrogen (secondary N) is 1. The first kappa shape index (κ1) is 21.0. The molecule has 1 amide bonds. The summed E-state index contributed by atoms with van der Waals surface area (Å²) in [5.41, 5.74) is 0.886. The van der Waals surface area contributed by atoms with Gasteiger partial charge in [0.1, 0.15) is 18.4 Å². The van der Waals surface area contributed by atoms with E-state index in [2.05, 4.69) is 15.5 Å². The van der Waals surface area contributed by atoms with Gasteiger partial charge in [-0.05, 0) is 30.3 Å². The van der Waals surface area contributed by atoms with Crippen molar-refractivity contribution >= 4 is 46.6 Å². The molecular weight excluding hydrogens is 433 g/mol. The molecular formula is C19H15Cl2N5O2S. The summed E-state index contributed by atoms with van der Waals surface area (Å²) < 4.78 is 7.41. The monoisotopic (exact) mass is 447 g/mol. The first-order chi connectivity index (χ1) is 14.0. The molecule has 0 aliphatic rings. The van der Waals surface area contributed by atoms with E-state index in [1.54, 1.807) is 54.1 Å². The lowest BCUT2D eigenvalue weighted by Crippen LogP contribution is -2.15. The number of amides is 1. The summed E-state index contributed by atoms with van der Waals surface area (Å²) in [7, 11) is 1.79. The number of thioether (sulfide) groups is 1. The summed E-state index contributed by atoms with van der Waals surface area (Å²) in [5.74, 6) is 0.944. The van der Waals surface area contributed by atoms with E-state index in [4.69, 9.17) is 33.2 Å². The van der Waals surface area contributed by atoms with Crippen molar-refractivity contribution < 1.29 is 9.53 Å². The Morgan fingerprint density at radius 1 is 1.28 bits per heavy atom. The number of hydrogen-bond acceptors (Lipinski definition) is 6. The molecule has 1 heterocycles. The normalized spacial score (nSPS) is 10.4. The Morgan fingerprint density at radius 2 is 2.07 bits per heavy atom. The number of rotatable bonds is 7. The number of hydrogen-bond donors (Lipinski definition) is 1. The predicted molar refractivity (Wildman–Crippen MR) is 112 cm³/mol. The fourth-order valence-electron chi connectivity index (χ4n) is 2.34. The van der Waals surface area contributed by atoms with E-state index in [9.17, 15) is 4.79 Å². The molecule has 0 radical (unpaired) electrons. The molecule has 0 saturated heterocycles. The van der Waals surface area contributed by atoms with Gasteiger partial charge < -0.3 is 14.6 Å². The molecule has 0 spiro atoms. The Labute approximate surface area is 181 Å². The van der Waals surface area contributed by atoms with Crippen LogP contribution in [0.4, 0.5) is 5.69 Å². The number of carbonyl (C=O) groups excluding carboxylic acids is 1. The zero-order chi connectivity index (χ0) is 20.8. The highest BCUT2D eigenvalue weighted by Gasteiger charge is 2.13. The van der Waals surface area contributed by atoms with Crippen LogP contribution < -0.4 is 10.1 Å². The van der Waals surface area contributed by atoms with E-state index in [0.29, 0.717) is 38.0 Å². The molecule has 7 nitrogen and oxygen atoms in total. The maximum atomic E-state index is 12.2. The first-order valence-corrected chi connectivity index (χ1v) is 10.1. The fraction of sp³-hybridized carbons (Fsp3) is 0.158. The van der Waals surface area contributed by atoms with Crippen molar-refractivity contribution in [3.63, 3.8) is 0 Å². The minimum absolute atomic E-state index is 0.121. The van der Waals surface area contributed by atoms with Gasteiger partial charge in [0.2, 0.25) is 5.91 Å². The van der Waals surface area contributed by atoms with Gasteiger partial charge in [-0.3, -0.25) is 4.79 Å². The van der Waals surface area contributed by atoms with Crippen LogP contribution in [0.1, 0.15) is 11.4 Å². The molecule has 0 bridgehead atoms. The maximum Gasteiger partial charge on any atom is 0.234 e. The van der Waals surface area contributed by atoms with Crippen LogP contribution in [0.5, 0.6) is 5.75 Å². The zero-order valence-corrected chi connectivity index (χ0v) is 17.6. The SMILES string of the molecule is Cn1c(COc2ccc(Cl)cc2Cl)nnc1SCC(=O)Nc1ccccc1C#N. The number of aromatic nitrogens is 3. The summed E-state index contributed by atoms with van der Waals surface area (Å²) in [6.07, 6.45) is 0. The molecule has 1 aromatic heterocycles. The van der Waals surface area contributed by atoms with Crippen molar-refractivity contribution in [2.24, 2.45) is 7.05 Å². The topological polar surface area (TPSA) is 92.8 Å². The average Bonchev–Trinajstić information content (AvgIpc) is 3.06. The highest BCUT2D eigenvalue weighted by molar-refractivity contribution is 7.99. The molecule has 0 aliphatic carbocycles. The second-order valence-electron chi connectivity index (χ2n) is 5.82. The quantitative estimate of drug-likeness (QED) is 0.542. The van der Waals surface area contributed by atoms with Crippen LogP contribution in [0.3, 0.4) is 0 Å². The third kappa shape index (κ3) is 5.41. The van der Waals surface area contributed by atoms with E-state index < -0.39 is 0 Å². The molecule has 3 aromatic rings. The Hall–Kier alpha value is -2.73. The molecule has 3 rings (SSSR count). The molecule has 0 saturated carbocycles. The number of benzene rings is 2. The molecule has 29 heavy (non-hydrogen) atoms. The van der Waals surface area contributed by atoms with Crippen LogP contribution >= 0.6 is 35.0 Å². The molecule has 1 N–H and O–H groups in total. The highest BCUT2D eigenvalue weighted by Crippen LogP contribution is 2.28. The van der Waals surface area contributed by atoms with Crippen LogP contribution in [0, 0.1) is 11.3 Å². The summed E-state index contributed by atoms with van der Waals surface area (Å²) in [4.78, 5) is 12.2. The number of anilines is 1. The average molecular weight is 448 g/mol. The standard InChI is InChI=1S/C19H15Cl2N5O2S/c1-26-17(10-28-16-7-6-13(20)8-14(16)21)24-25-19(26)29-11-18(27)23-15-5-3-2-4-12(15)9-22/h2-8H,10-11H2,1H3,(H,23,27). The second-order valence-corrected chi connectivity index (χ2v) is 7.60. The van der Waals surface area contributed by atoms with Gasteiger partial charge >= 0.3 is 0 Å². The lowest BCUT2D eigenvalue weighted by atomic mass is 10.2. The van der Waals surface area contributed by atoms with Crippen molar-refractivity contribution in [3.8, 4) is 11.8 Å². The largest absolute Gasteiger partial charge is 0.484 e. The lowest BCUT2D eigenvalue weighted by molar-refractivity contribution is -0.113. The molecule has 2 aromatic carbocycles. The third-order valence-electron chi connectivity index (χ3n) is 3.83. The number of para-hydroxylation sites is 1. The van der Waals surface area contributed by atoms with E-state index in [-0.39, 0.29) is 18.3 Å². The van der Waals surface area contributed by atoms with Crippen molar-refractivity contribution in [1.82, 2.24) is 14.8 Å².